The average molecular weight is 376 g/mol. The van der Waals surface area contributed by atoms with Crippen molar-refractivity contribution in [2.75, 3.05) is 5.75 Å². The number of benzene rings is 2. The van der Waals surface area contributed by atoms with Gasteiger partial charge in [0, 0.05) is 28.4 Å². The van der Waals surface area contributed by atoms with Crippen molar-refractivity contribution in [2.45, 2.75) is 24.8 Å². The molecule has 136 valence electrons. The van der Waals surface area contributed by atoms with Crippen LogP contribution >= 0.6 is 11.8 Å². The van der Waals surface area contributed by atoms with Gasteiger partial charge in [-0.05, 0) is 41.1 Å². The van der Waals surface area contributed by atoms with Gasteiger partial charge in [0.15, 0.2) is 0 Å². The Bertz CT molecular complexity index is 1120. The molecule has 0 radical (unpaired) electrons. The summed E-state index contributed by atoms with van der Waals surface area (Å²) < 4.78 is 2.20. The predicted molar refractivity (Wildman–Crippen MR) is 111 cm³/mol. The van der Waals surface area contributed by atoms with Crippen LogP contribution in [0.4, 0.5) is 0 Å². The van der Waals surface area contributed by atoms with E-state index < -0.39 is 5.97 Å². The van der Waals surface area contributed by atoms with E-state index in [1.807, 2.05) is 42.6 Å². The highest BCUT2D eigenvalue weighted by Gasteiger charge is 2.17. The van der Waals surface area contributed by atoms with E-state index >= 15 is 0 Å². The van der Waals surface area contributed by atoms with Gasteiger partial charge < -0.3 is 9.67 Å². The molecule has 0 bridgehead atoms. The van der Waals surface area contributed by atoms with E-state index in [0.29, 0.717) is 6.54 Å². The van der Waals surface area contributed by atoms with Crippen molar-refractivity contribution in [1.29, 1.82) is 0 Å². The molecule has 0 aliphatic rings. The maximum atomic E-state index is 11.3. The minimum absolute atomic E-state index is 0.0213. The number of carbonyl (C=O) groups is 1. The molecule has 0 saturated heterocycles. The zero-order chi connectivity index (χ0) is 18.8. The van der Waals surface area contributed by atoms with Crippen LogP contribution in [-0.4, -0.2) is 26.4 Å². The van der Waals surface area contributed by atoms with Crippen LogP contribution < -0.4 is 0 Å². The first kappa shape index (κ1) is 17.6. The Balaban J connectivity index is 2.01. The summed E-state index contributed by atoms with van der Waals surface area (Å²) >= 11 is 1.75. The number of hydrogen-bond donors (Lipinski definition) is 1. The molecule has 4 nitrogen and oxygen atoms in total. The third kappa shape index (κ3) is 3.43. The molecule has 0 saturated carbocycles. The molecule has 0 amide bonds. The van der Waals surface area contributed by atoms with Gasteiger partial charge in [0.1, 0.15) is 5.65 Å². The van der Waals surface area contributed by atoms with Gasteiger partial charge in [-0.1, -0.05) is 37.3 Å². The van der Waals surface area contributed by atoms with Crippen LogP contribution in [0, 0.1) is 0 Å². The number of carboxylic acid groups (broad SMARTS) is 1. The van der Waals surface area contributed by atoms with Crippen LogP contribution in [0.25, 0.3) is 21.9 Å². The number of aliphatic carboxylic acids is 1. The zero-order valence-electron chi connectivity index (χ0n) is 15.1. The number of hydrogen-bond acceptors (Lipinski definition) is 3. The quantitative estimate of drug-likeness (QED) is 0.482. The van der Waals surface area contributed by atoms with E-state index in [0.717, 1.165) is 38.1 Å². The summed E-state index contributed by atoms with van der Waals surface area (Å²) in [6.45, 7) is 2.81. The van der Waals surface area contributed by atoms with Crippen molar-refractivity contribution in [1.82, 2.24) is 9.55 Å². The van der Waals surface area contributed by atoms with Gasteiger partial charge in [-0.2, -0.15) is 0 Å². The van der Waals surface area contributed by atoms with E-state index in [9.17, 15) is 9.90 Å². The standard InChI is InChI=1S/C22H20N2O2S/c1-2-27-19-12-16(13-20(25)26)11-18-21(19)17-9-6-10-23-22(17)24(18)14-15-7-4-3-5-8-15/h3-12H,2,13-14H2,1H3,(H,25,26). The van der Waals surface area contributed by atoms with Gasteiger partial charge in [0.25, 0.3) is 0 Å². The minimum Gasteiger partial charge on any atom is -0.481 e. The normalized spacial score (nSPS) is 11.3. The van der Waals surface area contributed by atoms with Gasteiger partial charge in [0.2, 0.25) is 0 Å². The second-order valence-corrected chi connectivity index (χ2v) is 7.74. The van der Waals surface area contributed by atoms with Crippen molar-refractivity contribution in [3.63, 3.8) is 0 Å². The smallest absolute Gasteiger partial charge is 0.307 e. The molecule has 2 heterocycles. The maximum absolute atomic E-state index is 11.3. The molecule has 0 spiro atoms. The Labute approximate surface area is 161 Å². The van der Waals surface area contributed by atoms with Gasteiger partial charge >= 0.3 is 5.97 Å². The lowest BCUT2D eigenvalue weighted by atomic mass is 10.1. The monoisotopic (exact) mass is 376 g/mol. The summed E-state index contributed by atoms with van der Waals surface area (Å²) in [6, 6.07) is 18.4. The summed E-state index contributed by atoms with van der Waals surface area (Å²) in [7, 11) is 0. The Morgan fingerprint density at radius 2 is 1.93 bits per heavy atom. The number of fused-ring (bicyclic) bond motifs is 3. The lowest BCUT2D eigenvalue weighted by molar-refractivity contribution is -0.136. The van der Waals surface area contributed by atoms with Crippen molar-refractivity contribution in [3.8, 4) is 0 Å². The third-order valence-electron chi connectivity index (χ3n) is 4.58. The molecule has 27 heavy (non-hydrogen) atoms. The number of rotatable bonds is 6. The Morgan fingerprint density at radius 3 is 2.67 bits per heavy atom. The fraction of sp³-hybridized carbons (Fsp3) is 0.182. The number of thioether (sulfide) groups is 1. The van der Waals surface area contributed by atoms with Crippen molar-refractivity contribution in [3.05, 3.63) is 71.9 Å². The first-order valence-electron chi connectivity index (χ1n) is 8.95. The second-order valence-electron chi connectivity index (χ2n) is 6.44. The topological polar surface area (TPSA) is 55.1 Å². The number of nitrogens with zero attached hydrogens (tertiary/aromatic N) is 2. The average Bonchev–Trinajstić information content (AvgIpc) is 2.96. The van der Waals surface area contributed by atoms with Crippen LogP contribution in [-0.2, 0) is 17.8 Å². The molecule has 4 rings (SSSR count). The SMILES string of the molecule is CCSc1cc(CC(=O)O)cc2c1c1cccnc1n2Cc1ccccc1. The first-order valence-corrected chi connectivity index (χ1v) is 9.94. The molecule has 5 heteroatoms. The minimum atomic E-state index is -0.814. The third-order valence-corrected chi connectivity index (χ3v) is 5.50. The Kier molecular flexibility index (Phi) is 4.86. The number of aromatic nitrogens is 2. The lowest BCUT2D eigenvalue weighted by Gasteiger charge is -2.10. The number of carboxylic acids is 1. The molecule has 0 aliphatic carbocycles. The lowest BCUT2D eigenvalue weighted by Crippen LogP contribution is -2.03. The molecule has 0 unspecified atom stereocenters. The summed E-state index contributed by atoms with van der Waals surface area (Å²) in [5.41, 5.74) is 3.99. The summed E-state index contributed by atoms with van der Waals surface area (Å²) in [5, 5.41) is 11.6. The Hall–Kier alpha value is -2.79. The van der Waals surface area contributed by atoms with Gasteiger partial charge in [-0.3, -0.25) is 4.79 Å². The van der Waals surface area contributed by atoms with E-state index in [-0.39, 0.29) is 6.42 Å². The van der Waals surface area contributed by atoms with Crippen molar-refractivity contribution < 1.29 is 9.90 Å². The van der Waals surface area contributed by atoms with Gasteiger partial charge in [-0.25, -0.2) is 4.98 Å². The van der Waals surface area contributed by atoms with E-state index in [1.165, 1.54) is 5.56 Å². The number of pyridine rings is 1. The Morgan fingerprint density at radius 1 is 1.11 bits per heavy atom. The predicted octanol–water partition coefficient (Wildman–Crippen LogP) is 4.98. The van der Waals surface area contributed by atoms with Gasteiger partial charge in [0.05, 0.1) is 11.9 Å². The van der Waals surface area contributed by atoms with Crippen LogP contribution in [0.15, 0.2) is 65.7 Å². The van der Waals surface area contributed by atoms with E-state index in [1.54, 1.807) is 11.8 Å². The molecule has 0 aliphatic heterocycles. The molecule has 0 fully saturated rings. The van der Waals surface area contributed by atoms with Crippen molar-refractivity contribution >= 4 is 39.7 Å². The molecule has 2 aromatic heterocycles. The van der Waals surface area contributed by atoms with Crippen LogP contribution in [0.3, 0.4) is 0 Å². The highest BCUT2D eigenvalue weighted by molar-refractivity contribution is 7.99. The highest BCUT2D eigenvalue weighted by Crippen LogP contribution is 2.37. The van der Waals surface area contributed by atoms with Crippen LogP contribution in [0.5, 0.6) is 0 Å². The zero-order valence-corrected chi connectivity index (χ0v) is 15.9. The first-order chi connectivity index (χ1) is 13.2. The van der Waals surface area contributed by atoms with Gasteiger partial charge in [-0.15, -0.1) is 11.8 Å². The molecule has 0 atom stereocenters. The second kappa shape index (κ2) is 7.45. The molecular weight excluding hydrogens is 356 g/mol. The molecule has 2 aromatic carbocycles. The largest absolute Gasteiger partial charge is 0.481 e. The highest BCUT2D eigenvalue weighted by atomic mass is 32.2. The fourth-order valence-corrected chi connectivity index (χ4v) is 4.44. The molecule has 1 N–H and O–H groups in total. The molecule has 4 aromatic rings. The summed E-state index contributed by atoms with van der Waals surface area (Å²) in [4.78, 5) is 17.1. The van der Waals surface area contributed by atoms with Crippen LogP contribution in [0.1, 0.15) is 18.1 Å². The maximum Gasteiger partial charge on any atom is 0.307 e. The molecular formula is C22H20N2O2S. The van der Waals surface area contributed by atoms with E-state index in [2.05, 4.69) is 34.7 Å². The summed E-state index contributed by atoms with van der Waals surface area (Å²) in [6.07, 6.45) is 1.83. The van der Waals surface area contributed by atoms with Crippen molar-refractivity contribution in [2.24, 2.45) is 0 Å². The van der Waals surface area contributed by atoms with Crippen LogP contribution in [0.2, 0.25) is 0 Å². The fourth-order valence-electron chi connectivity index (χ4n) is 3.53. The van der Waals surface area contributed by atoms with E-state index in [4.69, 9.17) is 0 Å². The summed E-state index contributed by atoms with van der Waals surface area (Å²) in [5.74, 6) is 0.114.